The zero-order valence-electron chi connectivity index (χ0n) is 8.51. The van der Waals surface area contributed by atoms with Crippen LogP contribution < -0.4 is 11.0 Å². The van der Waals surface area contributed by atoms with E-state index in [1.165, 1.54) is 19.3 Å². The monoisotopic (exact) mass is 188 g/mol. The number of hydroxylamine groups is 2. The van der Waals surface area contributed by atoms with Gasteiger partial charge in [0.25, 0.3) is 0 Å². The topological polar surface area (TPSA) is 42.5 Å². The van der Waals surface area contributed by atoms with Gasteiger partial charge in [-0.05, 0) is 12.8 Å². The molecule has 0 spiro atoms. The van der Waals surface area contributed by atoms with Gasteiger partial charge in [-0.15, -0.1) is 0 Å². The van der Waals surface area contributed by atoms with E-state index in [0.29, 0.717) is 12.1 Å². The van der Waals surface area contributed by atoms with E-state index in [2.05, 4.69) is 11.0 Å². The van der Waals surface area contributed by atoms with Crippen LogP contribution in [0, 0.1) is 0 Å². The Kier molecular flexibility index (Phi) is 5.31. The highest BCUT2D eigenvalue weighted by molar-refractivity contribution is 4.80. The Morgan fingerprint density at radius 1 is 0.846 bits per heavy atom. The second-order valence-electron chi connectivity index (χ2n) is 3.49. The molecular weight excluding hydrogens is 168 g/mol. The maximum absolute atomic E-state index is 4.97. The minimum atomic E-state index is 0.368. The zero-order valence-corrected chi connectivity index (χ0v) is 8.51. The van der Waals surface area contributed by atoms with Gasteiger partial charge < -0.3 is 9.68 Å². The highest BCUT2D eigenvalue weighted by Gasteiger charge is 2.23. The summed E-state index contributed by atoms with van der Waals surface area (Å²) in [5, 5.41) is 0. The molecule has 1 fully saturated rings. The second-order valence-corrected chi connectivity index (χ2v) is 3.49. The molecule has 0 aromatic rings. The fourth-order valence-electron chi connectivity index (χ4n) is 1.89. The van der Waals surface area contributed by atoms with Crippen molar-refractivity contribution in [2.45, 2.75) is 44.2 Å². The molecule has 0 saturated heterocycles. The van der Waals surface area contributed by atoms with Gasteiger partial charge in [-0.1, -0.05) is 19.3 Å². The van der Waals surface area contributed by atoms with Crippen molar-refractivity contribution in [1.82, 2.24) is 11.0 Å². The predicted octanol–water partition coefficient (Wildman–Crippen LogP) is 0.990. The largest absolute Gasteiger partial charge is 0.305 e. The van der Waals surface area contributed by atoms with Crippen molar-refractivity contribution in [2.24, 2.45) is 0 Å². The highest BCUT2D eigenvalue weighted by Crippen LogP contribution is 2.18. The van der Waals surface area contributed by atoms with Crippen LogP contribution in [0.3, 0.4) is 0 Å². The van der Waals surface area contributed by atoms with Crippen molar-refractivity contribution >= 4 is 0 Å². The van der Waals surface area contributed by atoms with Crippen LogP contribution in [-0.2, 0) is 9.68 Å². The van der Waals surface area contributed by atoms with E-state index < -0.39 is 0 Å². The minimum Gasteiger partial charge on any atom is -0.305 e. The van der Waals surface area contributed by atoms with Crippen molar-refractivity contribution in [1.29, 1.82) is 0 Å². The first-order chi connectivity index (χ1) is 6.38. The van der Waals surface area contributed by atoms with Crippen LogP contribution in [-0.4, -0.2) is 26.3 Å². The molecule has 2 N–H and O–H groups in total. The van der Waals surface area contributed by atoms with Crippen molar-refractivity contribution in [3.05, 3.63) is 0 Å². The molecule has 78 valence electrons. The third-order valence-electron chi connectivity index (χ3n) is 2.55. The average molecular weight is 188 g/mol. The maximum atomic E-state index is 4.97. The molecule has 1 aliphatic carbocycles. The molecule has 4 heteroatoms. The summed E-state index contributed by atoms with van der Waals surface area (Å²) < 4.78 is 0. The lowest BCUT2D eigenvalue weighted by Gasteiger charge is -2.24. The first kappa shape index (κ1) is 10.9. The van der Waals surface area contributed by atoms with E-state index >= 15 is 0 Å². The van der Waals surface area contributed by atoms with Crippen molar-refractivity contribution in [3.63, 3.8) is 0 Å². The Bertz CT molecular complexity index is 119. The molecule has 1 aliphatic rings. The van der Waals surface area contributed by atoms with Gasteiger partial charge in [0.05, 0.1) is 14.2 Å². The maximum Gasteiger partial charge on any atom is 0.0572 e. The van der Waals surface area contributed by atoms with Crippen LogP contribution in [0.1, 0.15) is 32.1 Å². The van der Waals surface area contributed by atoms with E-state index in [0.717, 1.165) is 12.8 Å². The average Bonchev–Trinajstić information content (AvgIpc) is 2.33. The van der Waals surface area contributed by atoms with Gasteiger partial charge in [0.1, 0.15) is 0 Å². The SMILES string of the molecule is CONC1CCCCCC1NOC. The van der Waals surface area contributed by atoms with Crippen LogP contribution in [0.15, 0.2) is 0 Å². The molecule has 4 nitrogen and oxygen atoms in total. The van der Waals surface area contributed by atoms with E-state index in [4.69, 9.17) is 9.68 Å². The fourth-order valence-corrected chi connectivity index (χ4v) is 1.89. The van der Waals surface area contributed by atoms with Crippen LogP contribution in [0.2, 0.25) is 0 Å². The summed E-state index contributed by atoms with van der Waals surface area (Å²) in [7, 11) is 3.32. The van der Waals surface area contributed by atoms with Crippen molar-refractivity contribution in [2.75, 3.05) is 14.2 Å². The molecule has 0 bridgehead atoms. The lowest BCUT2D eigenvalue weighted by molar-refractivity contribution is -0.00146. The Labute approximate surface area is 79.9 Å². The third-order valence-corrected chi connectivity index (χ3v) is 2.55. The molecule has 1 rings (SSSR count). The lowest BCUT2D eigenvalue weighted by atomic mass is 10.1. The molecule has 0 radical (unpaired) electrons. The summed E-state index contributed by atoms with van der Waals surface area (Å²) in [6.07, 6.45) is 6.14. The van der Waals surface area contributed by atoms with Crippen molar-refractivity contribution in [3.8, 4) is 0 Å². The van der Waals surface area contributed by atoms with E-state index in [-0.39, 0.29) is 0 Å². The van der Waals surface area contributed by atoms with Gasteiger partial charge in [-0.25, -0.2) is 0 Å². The molecule has 0 aromatic heterocycles. The molecule has 0 heterocycles. The predicted molar refractivity (Wildman–Crippen MR) is 51.0 cm³/mol. The zero-order chi connectivity index (χ0) is 9.52. The Hall–Kier alpha value is -0.160. The summed E-state index contributed by atoms with van der Waals surface area (Å²) in [4.78, 5) is 9.94. The first-order valence-corrected chi connectivity index (χ1v) is 4.95. The first-order valence-electron chi connectivity index (χ1n) is 4.95. The molecule has 0 amide bonds. The molecule has 2 atom stereocenters. The Morgan fingerprint density at radius 3 is 1.69 bits per heavy atom. The molecule has 13 heavy (non-hydrogen) atoms. The van der Waals surface area contributed by atoms with Gasteiger partial charge in [0.15, 0.2) is 0 Å². The van der Waals surface area contributed by atoms with Gasteiger partial charge in [-0.3, -0.25) is 0 Å². The quantitative estimate of drug-likeness (QED) is 0.510. The molecular formula is C9H20N2O2. The van der Waals surface area contributed by atoms with Crippen LogP contribution in [0.4, 0.5) is 0 Å². The number of hydrogen-bond donors (Lipinski definition) is 2. The lowest BCUT2D eigenvalue weighted by Crippen LogP contribution is -2.46. The van der Waals surface area contributed by atoms with Crippen LogP contribution in [0.25, 0.3) is 0 Å². The normalized spacial score (nSPS) is 30.0. The van der Waals surface area contributed by atoms with E-state index in [9.17, 15) is 0 Å². The second kappa shape index (κ2) is 6.32. The van der Waals surface area contributed by atoms with Gasteiger partial charge >= 0.3 is 0 Å². The Balaban J connectivity index is 2.40. The van der Waals surface area contributed by atoms with Crippen LogP contribution >= 0.6 is 0 Å². The highest BCUT2D eigenvalue weighted by atomic mass is 16.6. The minimum absolute atomic E-state index is 0.368. The number of rotatable bonds is 4. The van der Waals surface area contributed by atoms with Gasteiger partial charge in [0.2, 0.25) is 0 Å². The number of hydrogen-bond acceptors (Lipinski definition) is 4. The van der Waals surface area contributed by atoms with Gasteiger partial charge in [0, 0.05) is 12.1 Å². The van der Waals surface area contributed by atoms with E-state index in [1.54, 1.807) is 14.2 Å². The number of nitrogens with one attached hydrogen (secondary N) is 2. The van der Waals surface area contributed by atoms with E-state index in [1.807, 2.05) is 0 Å². The summed E-state index contributed by atoms with van der Waals surface area (Å²) >= 11 is 0. The smallest absolute Gasteiger partial charge is 0.0572 e. The molecule has 0 aliphatic heterocycles. The summed E-state index contributed by atoms with van der Waals surface area (Å²) in [5.41, 5.74) is 6.03. The molecule has 2 unspecified atom stereocenters. The van der Waals surface area contributed by atoms with Gasteiger partial charge in [-0.2, -0.15) is 11.0 Å². The van der Waals surface area contributed by atoms with Crippen molar-refractivity contribution < 1.29 is 9.68 Å². The van der Waals surface area contributed by atoms with Crippen LogP contribution in [0.5, 0.6) is 0 Å². The summed E-state index contributed by atoms with van der Waals surface area (Å²) in [6.45, 7) is 0. The molecule has 1 saturated carbocycles. The standard InChI is InChI=1S/C9H20N2O2/c1-12-10-8-6-4-3-5-7-9(8)11-13-2/h8-11H,3-7H2,1-2H3. The molecule has 0 aromatic carbocycles. The summed E-state index contributed by atoms with van der Waals surface area (Å²) in [5.74, 6) is 0. The fraction of sp³-hybridized carbons (Fsp3) is 1.00. The Morgan fingerprint density at radius 2 is 1.31 bits per heavy atom. The third kappa shape index (κ3) is 3.60. The summed E-state index contributed by atoms with van der Waals surface area (Å²) in [6, 6.07) is 0.736.